The molecular weight excluding hydrogens is 262 g/mol. The van der Waals surface area contributed by atoms with Gasteiger partial charge in [-0.05, 0) is 24.6 Å². The zero-order valence-corrected chi connectivity index (χ0v) is 9.80. The van der Waals surface area contributed by atoms with E-state index in [0.29, 0.717) is 5.56 Å². The zero-order chi connectivity index (χ0) is 12.3. The monoisotopic (exact) mass is 270 g/mol. The van der Waals surface area contributed by atoms with E-state index in [9.17, 15) is 17.2 Å². The van der Waals surface area contributed by atoms with Crippen LogP contribution < -0.4 is 4.74 Å². The second-order valence-corrected chi connectivity index (χ2v) is 6.01. The van der Waals surface area contributed by atoms with E-state index >= 15 is 0 Å². The molecule has 0 aliphatic rings. The molecule has 0 amide bonds. The molecule has 1 unspecified atom stereocenters. The van der Waals surface area contributed by atoms with Crippen LogP contribution >= 0.6 is 10.7 Å². The Labute approximate surface area is 96.4 Å². The van der Waals surface area contributed by atoms with Gasteiger partial charge in [-0.25, -0.2) is 8.42 Å². The molecule has 0 spiro atoms. The maximum Gasteiger partial charge on any atom is 0.387 e. The van der Waals surface area contributed by atoms with Gasteiger partial charge in [-0.2, -0.15) is 8.78 Å². The van der Waals surface area contributed by atoms with E-state index in [4.69, 9.17) is 10.7 Å². The van der Waals surface area contributed by atoms with E-state index in [1.165, 1.54) is 31.2 Å². The van der Waals surface area contributed by atoms with Crippen LogP contribution in [0, 0.1) is 0 Å². The van der Waals surface area contributed by atoms with Crippen molar-refractivity contribution in [2.75, 3.05) is 0 Å². The highest BCUT2D eigenvalue weighted by Gasteiger charge is 2.19. The largest absolute Gasteiger partial charge is 0.435 e. The van der Waals surface area contributed by atoms with Crippen LogP contribution in [0.5, 0.6) is 5.75 Å². The summed E-state index contributed by atoms with van der Waals surface area (Å²) in [6.45, 7) is -1.49. The van der Waals surface area contributed by atoms with Crippen LogP contribution in [0.25, 0.3) is 0 Å². The molecule has 90 valence electrons. The fourth-order valence-electron chi connectivity index (χ4n) is 1.08. The van der Waals surface area contributed by atoms with Crippen molar-refractivity contribution in [1.29, 1.82) is 0 Å². The first kappa shape index (κ1) is 13.2. The average Bonchev–Trinajstić information content (AvgIpc) is 2.15. The number of alkyl halides is 2. The molecule has 7 heteroatoms. The van der Waals surface area contributed by atoms with Crippen molar-refractivity contribution in [3.05, 3.63) is 29.8 Å². The quantitative estimate of drug-likeness (QED) is 0.790. The van der Waals surface area contributed by atoms with Gasteiger partial charge in [0.1, 0.15) is 5.75 Å². The van der Waals surface area contributed by atoms with Gasteiger partial charge in [0, 0.05) is 10.7 Å². The Morgan fingerprint density at radius 3 is 2.12 bits per heavy atom. The van der Waals surface area contributed by atoms with Gasteiger partial charge in [0.2, 0.25) is 9.05 Å². The lowest BCUT2D eigenvalue weighted by molar-refractivity contribution is -0.0498. The molecule has 0 saturated carbocycles. The third-order valence-corrected chi connectivity index (χ3v) is 3.92. The van der Waals surface area contributed by atoms with Crippen LogP contribution in [0.3, 0.4) is 0 Å². The number of benzene rings is 1. The van der Waals surface area contributed by atoms with Crippen molar-refractivity contribution < 1.29 is 21.9 Å². The van der Waals surface area contributed by atoms with E-state index in [-0.39, 0.29) is 5.75 Å². The Morgan fingerprint density at radius 1 is 1.25 bits per heavy atom. The molecule has 0 aliphatic heterocycles. The molecule has 0 saturated heterocycles. The van der Waals surface area contributed by atoms with Crippen LogP contribution in [0.1, 0.15) is 17.7 Å². The van der Waals surface area contributed by atoms with Crippen molar-refractivity contribution in [2.45, 2.75) is 18.8 Å². The van der Waals surface area contributed by atoms with Gasteiger partial charge in [-0.15, -0.1) is 0 Å². The summed E-state index contributed by atoms with van der Waals surface area (Å²) in [4.78, 5) is 0. The Kier molecular flexibility index (Phi) is 4.09. The van der Waals surface area contributed by atoms with Crippen molar-refractivity contribution >= 4 is 19.7 Å². The summed E-state index contributed by atoms with van der Waals surface area (Å²) in [6.07, 6.45) is 0. The van der Waals surface area contributed by atoms with Gasteiger partial charge in [0.15, 0.2) is 0 Å². The van der Waals surface area contributed by atoms with E-state index in [0.717, 1.165) is 0 Å². The lowest BCUT2D eigenvalue weighted by Crippen LogP contribution is -2.04. The lowest BCUT2D eigenvalue weighted by Gasteiger charge is -2.09. The maximum atomic E-state index is 11.8. The van der Waals surface area contributed by atoms with Crippen molar-refractivity contribution in [2.24, 2.45) is 0 Å². The number of hydrogen-bond acceptors (Lipinski definition) is 3. The minimum Gasteiger partial charge on any atom is -0.435 e. The highest BCUT2D eigenvalue weighted by atomic mass is 35.7. The molecule has 0 aliphatic carbocycles. The third kappa shape index (κ3) is 3.61. The van der Waals surface area contributed by atoms with Crippen LogP contribution in [0.4, 0.5) is 8.78 Å². The highest BCUT2D eigenvalue weighted by molar-refractivity contribution is 8.13. The summed E-state index contributed by atoms with van der Waals surface area (Å²) < 4.78 is 49.8. The summed E-state index contributed by atoms with van der Waals surface area (Å²) in [5.74, 6) is -0.0297. The molecule has 0 radical (unpaired) electrons. The Hall–Kier alpha value is -0.880. The van der Waals surface area contributed by atoms with Gasteiger partial charge in [0.25, 0.3) is 0 Å². The van der Waals surface area contributed by atoms with Crippen LogP contribution in [-0.2, 0) is 9.05 Å². The molecule has 0 N–H and O–H groups in total. The molecule has 3 nitrogen and oxygen atoms in total. The molecule has 0 heterocycles. The van der Waals surface area contributed by atoms with E-state index < -0.39 is 20.9 Å². The standard InChI is InChI=1S/C9H9ClF2O3S/c1-6(16(10,13)14)7-2-4-8(5-3-7)15-9(11)12/h2-6,9H,1H3. The predicted octanol–water partition coefficient (Wildman–Crippen LogP) is 2.92. The van der Waals surface area contributed by atoms with Crippen molar-refractivity contribution in [3.8, 4) is 5.75 Å². The molecule has 0 bridgehead atoms. The lowest BCUT2D eigenvalue weighted by atomic mass is 10.2. The van der Waals surface area contributed by atoms with Gasteiger partial charge in [-0.1, -0.05) is 12.1 Å². The fraction of sp³-hybridized carbons (Fsp3) is 0.333. The van der Waals surface area contributed by atoms with Crippen LogP contribution in [-0.4, -0.2) is 15.0 Å². The van der Waals surface area contributed by atoms with Crippen molar-refractivity contribution in [1.82, 2.24) is 0 Å². The smallest absolute Gasteiger partial charge is 0.387 e. The summed E-state index contributed by atoms with van der Waals surface area (Å²) in [6, 6.07) is 5.28. The number of ether oxygens (including phenoxy) is 1. The molecule has 1 aromatic rings. The number of rotatable bonds is 4. The van der Waals surface area contributed by atoms with Gasteiger partial charge < -0.3 is 4.74 Å². The summed E-state index contributed by atoms with van der Waals surface area (Å²) >= 11 is 0. The molecule has 16 heavy (non-hydrogen) atoms. The average molecular weight is 271 g/mol. The first-order valence-electron chi connectivity index (χ1n) is 4.29. The maximum absolute atomic E-state index is 11.8. The Morgan fingerprint density at radius 2 is 1.75 bits per heavy atom. The molecule has 1 aromatic carbocycles. The minimum absolute atomic E-state index is 0.0297. The first-order chi connectivity index (χ1) is 7.30. The van der Waals surface area contributed by atoms with Crippen LogP contribution in [0.2, 0.25) is 0 Å². The minimum atomic E-state index is -3.71. The predicted molar refractivity (Wildman–Crippen MR) is 56.3 cm³/mol. The normalized spacial score (nSPS) is 13.8. The van der Waals surface area contributed by atoms with E-state index in [1.807, 2.05) is 0 Å². The molecule has 1 atom stereocenters. The van der Waals surface area contributed by atoms with E-state index in [2.05, 4.69) is 4.74 Å². The highest BCUT2D eigenvalue weighted by Crippen LogP contribution is 2.26. The molecule has 0 aromatic heterocycles. The molecular formula is C9H9ClF2O3S. The third-order valence-electron chi connectivity index (χ3n) is 2.00. The SMILES string of the molecule is CC(c1ccc(OC(F)F)cc1)S(=O)(=O)Cl. The summed E-state index contributed by atoms with van der Waals surface area (Å²) in [7, 11) is 1.45. The van der Waals surface area contributed by atoms with Gasteiger partial charge in [0.05, 0.1) is 5.25 Å². The second-order valence-electron chi connectivity index (χ2n) is 3.07. The topological polar surface area (TPSA) is 43.4 Å². The van der Waals surface area contributed by atoms with E-state index in [1.54, 1.807) is 0 Å². The Balaban J connectivity index is 2.87. The summed E-state index contributed by atoms with van der Waals surface area (Å²) in [5.41, 5.74) is 0.414. The summed E-state index contributed by atoms with van der Waals surface area (Å²) in [5, 5.41) is -0.894. The van der Waals surface area contributed by atoms with Crippen LogP contribution in [0.15, 0.2) is 24.3 Å². The van der Waals surface area contributed by atoms with Crippen molar-refractivity contribution in [3.63, 3.8) is 0 Å². The van der Waals surface area contributed by atoms with Gasteiger partial charge in [-0.3, -0.25) is 0 Å². The molecule has 0 fully saturated rings. The second kappa shape index (κ2) is 4.97. The zero-order valence-electron chi connectivity index (χ0n) is 8.23. The first-order valence-corrected chi connectivity index (χ1v) is 6.66. The molecule has 1 rings (SSSR count). The number of halogens is 3. The van der Waals surface area contributed by atoms with Gasteiger partial charge >= 0.3 is 6.61 Å². The Bertz CT molecular complexity index is 444. The number of hydrogen-bond donors (Lipinski definition) is 0. The fourth-order valence-corrected chi connectivity index (χ4v) is 1.87.